The fourth-order valence-corrected chi connectivity index (χ4v) is 4.93. The van der Waals surface area contributed by atoms with Crippen molar-refractivity contribution < 1.29 is 29.3 Å². The van der Waals surface area contributed by atoms with E-state index < -0.39 is 11.9 Å². The standard InChI is InChI=1S/C23H29ClN2O6S/c1-14(2)21-25-22(33-9-7-5-3-4-6-8-19(27)28)20(23(29)30)26(21)12-15-10-17-18(11-16(15)24)32-13-31-17/h10-11,14H,3-9,12-13H2,1-2H3,(H,27,28)(H,29,30). The van der Waals surface area contributed by atoms with Gasteiger partial charge in [-0.1, -0.05) is 44.7 Å². The van der Waals surface area contributed by atoms with E-state index in [0.717, 1.165) is 37.0 Å². The largest absolute Gasteiger partial charge is 0.481 e. The minimum absolute atomic E-state index is 0.0273. The number of benzene rings is 1. The molecule has 1 aromatic carbocycles. The Morgan fingerprint density at radius 1 is 1.12 bits per heavy atom. The molecule has 0 saturated heterocycles. The molecule has 2 aromatic rings. The van der Waals surface area contributed by atoms with Gasteiger partial charge in [-0.15, -0.1) is 11.8 Å². The fraction of sp³-hybridized carbons (Fsp3) is 0.522. The molecule has 0 bridgehead atoms. The minimum Gasteiger partial charge on any atom is -0.481 e. The Balaban J connectivity index is 1.71. The molecule has 2 N–H and O–H groups in total. The molecule has 0 aliphatic carbocycles. The van der Waals surface area contributed by atoms with Gasteiger partial charge in [0.15, 0.2) is 17.2 Å². The number of carboxylic acid groups (broad SMARTS) is 2. The van der Waals surface area contributed by atoms with E-state index in [0.29, 0.717) is 33.8 Å². The molecular formula is C23H29ClN2O6S. The summed E-state index contributed by atoms with van der Waals surface area (Å²) < 4.78 is 12.5. The van der Waals surface area contributed by atoms with Crippen molar-refractivity contribution in [3.8, 4) is 11.5 Å². The Morgan fingerprint density at radius 3 is 2.45 bits per heavy atom. The lowest BCUT2D eigenvalue weighted by molar-refractivity contribution is -0.137. The summed E-state index contributed by atoms with van der Waals surface area (Å²) in [5.41, 5.74) is 0.902. The number of aromatic carboxylic acids is 1. The van der Waals surface area contributed by atoms with Crippen LogP contribution in [-0.4, -0.2) is 44.2 Å². The molecular weight excluding hydrogens is 468 g/mol. The number of ether oxygens (including phenoxy) is 2. The molecule has 0 fully saturated rings. The van der Waals surface area contributed by atoms with Gasteiger partial charge in [0.25, 0.3) is 0 Å². The summed E-state index contributed by atoms with van der Waals surface area (Å²) >= 11 is 7.89. The number of carbonyl (C=O) groups is 2. The van der Waals surface area contributed by atoms with Crippen molar-refractivity contribution in [2.75, 3.05) is 12.5 Å². The van der Waals surface area contributed by atoms with Gasteiger partial charge in [0.1, 0.15) is 10.9 Å². The Bertz CT molecular complexity index is 1010. The summed E-state index contributed by atoms with van der Waals surface area (Å²) in [7, 11) is 0. The minimum atomic E-state index is -1.03. The maximum atomic E-state index is 12.2. The van der Waals surface area contributed by atoms with Crippen LogP contribution in [0.5, 0.6) is 11.5 Å². The van der Waals surface area contributed by atoms with Crippen molar-refractivity contribution in [1.29, 1.82) is 0 Å². The van der Waals surface area contributed by atoms with Crippen LogP contribution in [-0.2, 0) is 11.3 Å². The van der Waals surface area contributed by atoms with Gasteiger partial charge in [-0.2, -0.15) is 0 Å². The summed E-state index contributed by atoms with van der Waals surface area (Å²) in [6.45, 7) is 4.37. The smallest absolute Gasteiger partial charge is 0.355 e. The van der Waals surface area contributed by atoms with E-state index >= 15 is 0 Å². The van der Waals surface area contributed by atoms with Crippen molar-refractivity contribution in [1.82, 2.24) is 9.55 Å². The third-order valence-electron chi connectivity index (χ3n) is 5.33. The summed E-state index contributed by atoms with van der Waals surface area (Å²) in [4.78, 5) is 27.4. The average Bonchev–Trinajstić information content (AvgIpc) is 3.34. The number of unbranched alkanes of at least 4 members (excludes halogenated alkanes) is 4. The lowest BCUT2D eigenvalue weighted by atomic mass is 10.1. The average molecular weight is 497 g/mol. The molecule has 1 aliphatic rings. The highest BCUT2D eigenvalue weighted by atomic mass is 35.5. The second-order valence-corrected chi connectivity index (χ2v) is 9.72. The van der Waals surface area contributed by atoms with Crippen molar-refractivity contribution in [3.05, 3.63) is 34.2 Å². The second kappa shape index (κ2) is 11.7. The van der Waals surface area contributed by atoms with Crippen molar-refractivity contribution in [3.63, 3.8) is 0 Å². The van der Waals surface area contributed by atoms with Crippen LogP contribution in [0.25, 0.3) is 0 Å². The second-order valence-electron chi connectivity index (χ2n) is 8.23. The Kier molecular flexibility index (Phi) is 8.91. The molecule has 1 aliphatic heterocycles. The van der Waals surface area contributed by atoms with E-state index in [2.05, 4.69) is 4.98 Å². The number of thioether (sulfide) groups is 1. The zero-order valence-electron chi connectivity index (χ0n) is 18.8. The van der Waals surface area contributed by atoms with E-state index in [1.54, 1.807) is 16.7 Å². The van der Waals surface area contributed by atoms with Gasteiger partial charge in [0.2, 0.25) is 6.79 Å². The van der Waals surface area contributed by atoms with Crippen LogP contribution in [0.3, 0.4) is 0 Å². The highest BCUT2D eigenvalue weighted by Gasteiger charge is 2.26. The number of aliphatic carboxylic acids is 1. The molecule has 0 atom stereocenters. The van der Waals surface area contributed by atoms with Gasteiger partial charge < -0.3 is 24.3 Å². The highest BCUT2D eigenvalue weighted by Crippen LogP contribution is 2.38. The van der Waals surface area contributed by atoms with Crippen LogP contribution in [0, 0.1) is 0 Å². The summed E-state index contributed by atoms with van der Waals surface area (Å²) in [5.74, 6) is 0.856. The summed E-state index contributed by atoms with van der Waals surface area (Å²) in [5, 5.41) is 19.7. The first-order valence-electron chi connectivity index (χ1n) is 11.0. The normalized spacial score (nSPS) is 12.5. The number of carboxylic acids is 2. The Hall–Kier alpha value is -2.39. The molecule has 1 aromatic heterocycles. The van der Waals surface area contributed by atoms with Gasteiger partial charge in [-0.05, 0) is 30.2 Å². The van der Waals surface area contributed by atoms with Gasteiger partial charge in [-0.25, -0.2) is 9.78 Å². The van der Waals surface area contributed by atoms with Gasteiger partial charge >= 0.3 is 11.9 Å². The van der Waals surface area contributed by atoms with E-state index in [-0.39, 0.29) is 31.4 Å². The molecule has 8 nitrogen and oxygen atoms in total. The van der Waals surface area contributed by atoms with E-state index in [1.165, 1.54) is 11.8 Å². The van der Waals surface area contributed by atoms with Gasteiger partial charge in [-0.3, -0.25) is 4.79 Å². The molecule has 3 rings (SSSR count). The number of hydrogen-bond donors (Lipinski definition) is 2. The molecule has 2 heterocycles. The van der Waals surface area contributed by atoms with Crippen LogP contribution in [0.2, 0.25) is 5.02 Å². The zero-order chi connectivity index (χ0) is 24.0. The van der Waals surface area contributed by atoms with Crippen molar-refractivity contribution >= 4 is 35.3 Å². The molecule has 10 heteroatoms. The predicted molar refractivity (Wildman–Crippen MR) is 126 cm³/mol. The molecule has 33 heavy (non-hydrogen) atoms. The topological polar surface area (TPSA) is 111 Å². The molecule has 0 unspecified atom stereocenters. The fourth-order valence-electron chi connectivity index (χ4n) is 3.68. The van der Waals surface area contributed by atoms with E-state index in [9.17, 15) is 14.7 Å². The first-order chi connectivity index (χ1) is 15.8. The number of rotatable bonds is 13. The van der Waals surface area contributed by atoms with Crippen LogP contribution in [0.4, 0.5) is 0 Å². The maximum Gasteiger partial charge on any atom is 0.355 e. The highest BCUT2D eigenvalue weighted by molar-refractivity contribution is 7.99. The van der Waals surface area contributed by atoms with Crippen molar-refractivity contribution in [2.24, 2.45) is 0 Å². The lowest BCUT2D eigenvalue weighted by Crippen LogP contribution is -2.14. The molecule has 180 valence electrons. The molecule has 0 amide bonds. The quantitative estimate of drug-likeness (QED) is 0.270. The third kappa shape index (κ3) is 6.57. The molecule has 0 radical (unpaired) electrons. The SMILES string of the molecule is CC(C)c1nc(SCCCCCCCC(=O)O)c(C(=O)O)n1Cc1cc2c(cc1Cl)OCO2. The number of hydrogen-bond acceptors (Lipinski definition) is 6. The Morgan fingerprint density at radius 2 is 1.79 bits per heavy atom. The first kappa shape index (κ1) is 25.2. The predicted octanol–water partition coefficient (Wildman–Crippen LogP) is 5.65. The zero-order valence-corrected chi connectivity index (χ0v) is 20.4. The number of aromatic nitrogens is 2. The van der Waals surface area contributed by atoms with E-state index in [4.69, 9.17) is 26.2 Å². The molecule has 0 spiro atoms. The maximum absolute atomic E-state index is 12.2. The number of imidazole rings is 1. The monoisotopic (exact) mass is 496 g/mol. The van der Waals surface area contributed by atoms with Crippen LogP contribution in [0.1, 0.15) is 80.2 Å². The number of halogens is 1. The molecule has 0 saturated carbocycles. The number of nitrogens with zero attached hydrogens (tertiary/aromatic N) is 2. The van der Waals surface area contributed by atoms with Crippen LogP contribution in [0.15, 0.2) is 17.2 Å². The van der Waals surface area contributed by atoms with E-state index in [1.807, 2.05) is 13.8 Å². The van der Waals surface area contributed by atoms with Gasteiger partial charge in [0.05, 0.1) is 6.54 Å². The third-order valence-corrected chi connectivity index (χ3v) is 6.73. The number of fused-ring (bicyclic) bond motifs is 1. The summed E-state index contributed by atoms with van der Waals surface area (Å²) in [6.07, 6.45) is 4.64. The lowest BCUT2D eigenvalue weighted by Gasteiger charge is -2.14. The van der Waals surface area contributed by atoms with Crippen LogP contribution >= 0.6 is 23.4 Å². The first-order valence-corrected chi connectivity index (χ1v) is 12.4. The van der Waals surface area contributed by atoms with Crippen molar-refractivity contribution in [2.45, 2.75) is 69.9 Å². The summed E-state index contributed by atoms with van der Waals surface area (Å²) in [6, 6.07) is 3.48. The Labute approximate surface area is 202 Å². The van der Waals surface area contributed by atoms with Crippen LogP contribution < -0.4 is 9.47 Å². The van der Waals surface area contributed by atoms with Gasteiger partial charge in [0, 0.05) is 23.4 Å².